The molecule has 30 heavy (non-hydrogen) atoms. The fraction of sp³-hybridized carbons (Fsp3) is 0.720. The number of fused-ring (bicyclic) bond motifs is 2. The number of carbonyl (C=O) groups excluding carboxylic acids is 1. The molecule has 2 aliphatic carbocycles. The summed E-state index contributed by atoms with van der Waals surface area (Å²) in [6.07, 6.45) is 12.2. The number of aryl methyl sites for hydroxylation is 1. The van der Waals surface area contributed by atoms with Crippen LogP contribution in [0.2, 0.25) is 5.02 Å². The molecule has 4 nitrogen and oxygen atoms in total. The first kappa shape index (κ1) is 25.2. The quantitative estimate of drug-likeness (QED) is 0.442. The van der Waals surface area contributed by atoms with Gasteiger partial charge in [0.1, 0.15) is 0 Å². The van der Waals surface area contributed by atoms with Crippen LogP contribution < -0.4 is 10.6 Å². The molecule has 170 valence electrons. The number of hydrogen-bond donors (Lipinski definition) is 2. The Morgan fingerprint density at radius 2 is 1.93 bits per heavy atom. The predicted octanol–water partition coefficient (Wildman–Crippen LogP) is 5.63. The summed E-state index contributed by atoms with van der Waals surface area (Å²) in [5, 5.41) is 7.21. The van der Waals surface area contributed by atoms with Crippen molar-refractivity contribution in [2.24, 2.45) is 11.3 Å². The second-order valence-electron chi connectivity index (χ2n) is 9.05. The Balaban J connectivity index is 0.00000320. The van der Waals surface area contributed by atoms with E-state index in [1.807, 2.05) is 18.2 Å². The average Bonchev–Trinajstić information content (AvgIpc) is 2.72. The summed E-state index contributed by atoms with van der Waals surface area (Å²) >= 11 is 6.36. The Morgan fingerprint density at radius 1 is 1.20 bits per heavy atom. The van der Waals surface area contributed by atoms with Crippen LogP contribution in [0.5, 0.6) is 0 Å². The van der Waals surface area contributed by atoms with Gasteiger partial charge >= 0.3 is 0 Å². The zero-order valence-electron chi connectivity index (χ0n) is 17.9. The van der Waals surface area contributed by atoms with Crippen LogP contribution in [0.3, 0.4) is 0 Å². The van der Waals surface area contributed by atoms with Gasteiger partial charge in [-0.25, -0.2) is 0 Å². The molecule has 2 N–H and O–H groups in total. The molecular formula is C25H41ClN2O2. The highest BCUT2D eigenvalue weighted by Gasteiger charge is 2.39. The second kappa shape index (κ2) is 12.7. The molecule has 0 aliphatic heterocycles. The van der Waals surface area contributed by atoms with Crippen molar-refractivity contribution >= 4 is 17.5 Å². The number of halogens is 1. The Labute approximate surface area is 188 Å². The maximum Gasteiger partial charge on any atom is 0.252 e. The zero-order chi connectivity index (χ0) is 20.5. The van der Waals surface area contributed by atoms with E-state index in [-0.39, 0.29) is 13.3 Å². The first-order chi connectivity index (χ1) is 14.1. The molecule has 1 amide bonds. The highest BCUT2D eigenvalue weighted by molar-refractivity contribution is 6.33. The van der Waals surface area contributed by atoms with Gasteiger partial charge in [-0.2, -0.15) is 0 Å². The molecule has 0 aromatic heterocycles. The minimum Gasteiger partial charge on any atom is -0.385 e. The Hall–Kier alpha value is -1.10. The van der Waals surface area contributed by atoms with Crippen LogP contribution in [0.4, 0.5) is 0 Å². The first-order valence-corrected chi connectivity index (χ1v) is 11.8. The fourth-order valence-corrected chi connectivity index (χ4v) is 5.42. The van der Waals surface area contributed by atoms with Crippen molar-refractivity contribution in [1.82, 2.24) is 10.6 Å². The molecule has 0 atom stereocenters. The van der Waals surface area contributed by atoms with Gasteiger partial charge in [0.25, 0.3) is 5.91 Å². The number of ether oxygens (including phenoxy) is 1. The molecule has 1 aromatic rings. The number of methoxy groups -OCH3 is 1. The molecule has 0 spiro atoms. The summed E-state index contributed by atoms with van der Waals surface area (Å²) in [6.45, 7) is 3.54. The summed E-state index contributed by atoms with van der Waals surface area (Å²) in [5.74, 6) is 0.862. The van der Waals surface area contributed by atoms with Gasteiger partial charge in [0, 0.05) is 20.3 Å². The lowest BCUT2D eigenvalue weighted by Crippen LogP contribution is -2.43. The van der Waals surface area contributed by atoms with Gasteiger partial charge in [-0.05, 0) is 80.6 Å². The maximum absolute atomic E-state index is 12.9. The average molecular weight is 437 g/mol. The monoisotopic (exact) mass is 436 g/mol. The predicted molar refractivity (Wildman–Crippen MR) is 126 cm³/mol. The van der Waals surface area contributed by atoms with E-state index in [1.54, 1.807) is 7.11 Å². The van der Waals surface area contributed by atoms with Crippen LogP contribution in [0.25, 0.3) is 0 Å². The van der Waals surface area contributed by atoms with E-state index in [0.717, 1.165) is 51.4 Å². The molecule has 2 aliphatic rings. The summed E-state index contributed by atoms with van der Waals surface area (Å²) in [4.78, 5) is 12.9. The molecule has 2 bridgehead atoms. The van der Waals surface area contributed by atoms with Crippen LogP contribution in [0, 0.1) is 11.3 Å². The largest absolute Gasteiger partial charge is 0.385 e. The zero-order valence-corrected chi connectivity index (χ0v) is 18.7. The molecule has 1 aromatic carbocycles. The number of benzene rings is 1. The lowest BCUT2D eigenvalue weighted by molar-refractivity contribution is 0.0682. The molecular weight excluding hydrogens is 396 g/mol. The fourth-order valence-electron chi connectivity index (χ4n) is 5.22. The number of amides is 1. The van der Waals surface area contributed by atoms with Crippen LogP contribution in [-0.2, 0) is 11.2 Å². The topological polar surface area (TPSA) is 50.4 Å². The standard InChI is InChI=1S/C24H37ClN2O2.CH4/c1-29-15-5-14-26-13-4-8-19-9-10-22(25)21(16-19)23(28)27-18-24-11-2-6-20(17-24)7-3-12-24;/h9-10,16,20,26H,2-8,11-15,17-18H2,1H3,(H,27,28);1H4. The van der Waals surface area contributed by atoms with Gasteiger partial charge in [-0.15, -0.1) is 0 Å². The highest BCUT2D eigenvalue weighted by atomic mass is 35.5. The van der Waals surface area contributed by atoms with Gasteiger partial charge in [0.2, 0.25) is 0 Å². The summed E-state index contributed by atoms with van der Waals surface area (Å²) < 4.78 is 5.05. The van der Waals surface area contributed by atoms with Gasteiger partial charge in [0.05, 0.1) is 10.6 Å². The molecule has 2 saturated carbocycles. The third-order valence-corrected chi connectivity index (χ3v) is 7.11. The van der Waals surface area contributed by atoms with Crippen molar-refractivity contribution in [1.29, 1.82) is 0 Å². The van der Waals surface area contributed by atoms with Crippen LogP contribution in [-0.4, -0.2) is 39.3 Å². The van der Waals surface area contributed by atoms with Gasteiger partial charge < -0.3 is 15.4 Å². The van der Waals surface area contributed by atoms with E-state index in [0.29, 0.717) is 16.0 Å². The molecule has 0 unspecified atom stereocenters. The minimum absolute atomic E-state index is 0. The van der Waals surface area contributed by atoms with Gasteiger partial charge in [0.15, 0.2) is 0 Å². The third kappa shape index (κ3) is 7.25. The van der Waals surface area contributed by atoms with E-state index in [4.69, 9.17) is 16.3 Å². The van der Waals surface area contributed by atoms with E-state index in [1.165, 1.54) is 50.5 Å². The van der Waals surface area contributed by atoms with Crippen molar-refractivity contribution in [2.75, 3.05) is 33.4 Å². The van der Waals surface area contributed by atoms with Gasteiger partial charge in [-0.1, -0.05) is 50.8 Å². The number of nitrogens with one attached hydrogen (secondary N) is 2. The van der Waals surface area contributed by atoms with Crippen molar-refractivity contribution in [3.63, 3.8) is 0 Å². The SMILES string of the molecule is C.COCCCNCCCc1ccc(Cl)c(C(=O)NCC23CCCC(CCC2)C3)c1. The van der Waals surface area contributed by atoms with E-state index < -0.39 is 0 Å². The molecule has 5 heteroatoms. The molecule has 0 saturated heterocycles. The van der Waals surface area contributed by atoms with E-state index >= 15 is 0 Å². The van der Waals surface area contributed by atoms with Crippen molar-refractivity contribution in [3.8, 4) is 0 Å². The second-order valence-corrected chi connectivity index (χ2v) is 9.46. The molecule has 3 rings (SSSR count). The number of rotatable bonds is 11. The normalized spacial score (nSPS) is 22.9. The first-order valence-electron chi connectivity index (χ1n) is 11.4. The molecule has 0 radical (unpaired) electrons. The third-order valence-electron chi connectivity index (χ3n) is 6.78. The lowest BCUT2D eigenvalue weighted by Gasteiger charge is -2.45. The van der Waals surface area contributed by atoms with Crippen LogP contribution in [0.1, 0.15) is 81.1 Å². The summed E-state index contributed by atoms with van der Waals surface area (Å²) in [5.41, 5.74) is 2.12. The van der Waals surface area contributed by atoms with E-state index in [9.17, 15) is 4.79 Å². The van der Waals surface area contributed by atoms with Crippen LogP contribution >= 0.6 is 11.6 Å². The highest BCUT2D eigenvalue weighted by Crippen LogP contribution is 2.48. The molecule has 2 fully saturated rings. The maximum atomic E-state index is 12.9. The van der Waals surface area contributed by atoms with Crippen molar-refractivity contribution in [3.05, 3.63) is 34.3 Å². The number of hydrogen-bond acceptors (Lipinski definition) is 3. The van der Waals surface area contributed by atoms with Crippen molar-refractivity contribution < 1.29 is 9.53 Å². The van der Waals surface area contributed by atoms with Crippen molar-refractivity contribution in [2.45, 2.75) is 71.6 Å². The molecule has 0 heterocycles. The lowest BCUT2D eigenvalue weighted by atomic mass is 9.62. The van der Waals surface area contributed by atoms with Crippen LogP contribution in [0.15, 0.2) is 18.2 Å². The van der Waals surface area contributed by atoms with Gasteiger partial charge in [-0.3, -0.25) is 4.79 Å². The summed E-state index contributed by atoms with van der Waals surface area (Å²) in [6, 6.07) is 5.88. The number of carbonyl (C=O) groups is 1. The minimum atomic E-state index is -0.0170. The van der Waals surface area contributed by atoms with E-state index in [2.05, 4.69) is 10.6 Å². The Morgan fingerprint density at radius 3 is 2.67 bits per heavy atom. The summed E-state index contributed by atoms with van der Waals surface area (Å²) in [7, 11) is 1.73. The Kier molecular flexibility index (Phi) is 10.6. The Bertz CT molecular complexity index is 655. The smallest absolute Gasteiger partial charge is 0.252 e.